The van der Waals surface area contributed by atoms with Crippen LogP contribution in [0, 0.1) is 5.92 Å². The van der Waals surface area contributed by atoms with E-state index in [0.717, 1.165) is 12.2 Å². The van der Waals surface area contributed by atoms with Crippen LogP contribution in [0.25, 0.3) is 10.6 Å². The number of hydrogen-bond acceptors (Lipinski definition) is 4. The molecule has 1 aliphatic rings. The van der Waals surface area contributed by atoms with Gasteiger partial charge < -0.3 is 10.2 Å². The molecule has 2 aromatic rings. The molecule has 0 aromatic carbocycles. The molecule has 1 fully saturated rings. The molecule has 0 saturated carbocycles. The lowest BCUT2D eigenvalue weighted by molar-refractivity contribution is 0.174. The van der Waals surface area contributed by atoms with Crippen LogP contribution in [0.15, 0.2) is 23.7 Å². The van der Waals surface area contributed by atoms with E-state index >= 15 is 0 Å². The van der Waals surface area contributed by atoms with Crippen LogP contribution in [0.4, 0.5) is 0 Å². The summed E-state index contributed by atoms with van der Waals surface area (Å²) in [6.07, 6.45) is 3.17. The minimum absolute atomic E-state index is 0.609. The molecule has 4 nitrogen and oxygen atoms in total. The lowest BCUT2D eigenvalue weighted by Crippen LogP contribution is -2.46. The molecule has 0 amide bonds. The number of aromatic amines is 1. The molecule has 1 aliphatic heterocycles. The molecule has 2 atom stereocenters. The Bertz CT molecular complexity index is 534. The first-order chi connectivity index (χ1) is 9.74. The van der Waals surface area contributed by atoms with Crippen molar-refractivity contribution < 1.29 is 0 Å². The number of piperidine rings is 1. The summed E-state index contributed by atoms with van der Waals surface area (Å²) in [6.45, 7) is 5.59. The zero-order chi connectivity index (χ0) is 13.9. The SMILES string of the molecule is CC1CN(C)CCC1NCc1cn[nH]c1-c1cccs1. The second-order valence-corrected chi connectivity index (χ2v) is 6.71. The van der Waals surface area contributed by atoms with Gasteiger partial charge in [-0.15, -0.1) is 11.3 Å². The van der Waals surface area contributed by atoms with E-state index in [0.29, 0.717) is 12.0 Å². The minimum Gasteiger partial charge on any atom is -0.309 e. The van der Waals surface area contributed by atoms with Crippen LogP contribution in [-0.4, -0.2) is 41.3 Å². The monoisotopic (exact) mass is 290 g/mol. The molecule has 1 saturated heterocycles. The van der Waals surface area contributed by atoms with E-state index in [4.69, 9.17) is 0 Å². The maximum atomic E-state index is 4.21. The van der Waals surface area contributed by atoms with E-state index in [1.54, 1.807) is 11.3 Å². The predicted molar refractivity (Wildman–Crippen MR) is 83.8 cm³/mol. The molecule has 0 aliphatic carbocycles. The highest BCUT2D eigenvalue weighted by Crippen LogP contribution is 2.26. The van der Waals surface area contributed by atoms with Gasteiger partial charge in [0.15, 0.2) is 0 Å². The Hall–Kier alpha value is -1.17. The molecule has 108 valence electrons. The molecule has 2 unspecified atom stereocenters. The summed E-state index contributed by atoms with van der Waals surface area (Å²) in [5.74, 6) is 0.700. The Morgan fingerprint density at radius 3 is 3.20 bits per heavy atom. The van der Waals surface area contributed by atoms with Crippen LogP contribution in [0.2, 0.25) is 0 Å². The molecule has 0 bridgehead atoms. The quantitative estimate of drug-likeness (QED) is 0.909. The summed E-state index contributed by atoms with van der Waals surface area (Å²) in [7, 11) is 2.21. The highest BCUT2D eigenvalue weighted by molar-refractivity contribution is 7.13. The lowest BCUT2D eigenvalue weighted by Gasteiger charge is -2.35. The second kappa shape index (κ2) is 6.08. The van der Waals surface area contributed by atoms with Crippen molar-refractivity contribution >= 4 is 11.3 Å². The number of aromatic nitrogens is 2. The highest BCUT2D eigenvalue weighted by Gasteiger charge is 2.23. The fourth-order valence-electron chi connectivity index (χ4n) is 2.98. The molecular formula is C15H22N4S. The maximum Gasteiger partial charge on any atom is 0.0794 e. The lowest BCUT2D eigenvalue weighted by atomic mass is 9.94. The summed E-state index contributed by atoms with van der Waals surface area (Å²) in [5.41, 5.74) is 2.42. The number of nitrogens with one attached hydrogen (secondary N) is 2. The zero-order valence-electron chi connectivity index (χ0n) is 12.1. The molecule has 2 aromatic heterocycles. The average molecular weight is 290 g/mol. The van der Waals surface area contributed by atoms with Gasteiger partial charge >= 0.3 is 0 Å². The van der Waals surface area contributed by atoms with Gasteiger partial charge in [0.05, 0.1) is 16.8 Å². The first-order valence-corrected chi connectivity index (χ1v) is 8.10. The van der Waals surface area contributed by atoms with E-state index in [1.807, 2.05) is 6.20 Å². The van der Waals surface area contributed by atoms with Crippen LogP contribution >= 0.6 is 11.3 Å². The van der Waals surface area contributed by atoms with E-state index in [1.165, 1.54) is 30.0 Å². The molecular weight excluding hydrogens is 268 g/mol. The third-order valence-electron chi connectivity index (χ3n) is 4.15. The van der Waals surface area contributed by atoms with Crippen LogP contribution in [0.5, 0.6) is 0 Å². The normalized spacial score (nSPS) is 24.1. The van der Waals surface area contributed by atoms with Gasteiger partial charge in [0.25, 0.3) is 0 Å². The van der Waals surface area contributed by atoms with Crippen molar-refractivity contribution in [2.75, 3.05) is 20.1 Å². The number of nitrogens with zero attached hydrogens (tertiary/aromatic N) is 2. The van der Waals surface area contributed by atoms with Gasteiger partial charge in [-0.3, -0.25) is 5.10 Å². The van der Waals surface area contributed by atoms with Gasteiger partial charge in [-0.25, -0.2) is 0 Å². The van der Waals surface area contributed by atoms with Crippen molar-refractivity contribution in [2.24, 2.45) is 5.92 Å². The van der Waals surface area contributed by atoms with Crippen molar-refractivity contribution in [3.05, 3.63) is 29.3 Å². The fraction of sp³-hybridized carbons (Fsp3) is 0.533. The third-order valence-corrected chi connectivity index (χ3v) is 5.04. The van der Waals surface area contributed by atoms with Crippen LogP contribution in [-0.2, 0) is 6.54 Å². The van der Waals surface area contributed by atoms with Crippen molar-refractivity contribution in [3.63, 3.8) is 0 Å². The Morgan fingerprint density at radius 1 is 1.55 bits per heavy atom. The van der Waals surface area contributed by atoms with E-state index in [2.05, 4.69) is 51.9 Å². The van der Waals surface area contributed by atoms with Crippen LogP contribution < -0.4 is 5.32 Å². The van der Waals surface area contributed by atoms with Crippen molar-refractivity contribution in [1.29, 1.82) is 0 Å². The summed E-state index contributed by atoms with van der Waals surface area (Å²) in [6, 6.07) is 4.83. The predicted octanol–water partition coefficient (Wildman–Crippen LogP) is 2.57. The van der Waals surface area contributed by atoms with E-state index in [-0.39, 0.29) is 0 Å². The maximum absolute atomic E-state index is 4.21. The van der Waals surface area contributed by atoms with Gasteiger partial charge in [0.2, 0.25) is 0 Å². The first-order valence-electron chi connectivity index (χ1n) is 7.22. The van der Waals surface area contributed by atoms with Gasteiger partial charge in [-0.2, -0.15) is 5.10 Å². The van der Waals surface area contributed by atoms with E-state index in [9.17, 15) is 0 Å². The molecule has 2 N–H and O–H groups in total. The third kappa shape index (κ3) is 2.95. The second-order valence-electron chi connectivity index (χ2n) is 5.76. The number of likely N-dealkylation sites (tertiary alicyclic amines) is 1. The molecule has 20 heavy (non-hydrogen) atoms. The molecule has 3 heterocycles. The summed E-state index contributed by atoms with van der Waals surface area (Å²) < 4.78 is 0. The summed E-state index contributed by atoms with van der Waals surface area (Å²) >= 11 is 1.75. The Balaban J connectivity index is 1.63. The van der Waals surface area contributed by atoms with Gasteiger partial charge in [0.1, 0.15) is 0 Å². The molecule has 5 heteroatoms. The summed E-state index contributed by atoms with van der Waals surface area (Å²) in [5, 5.41) is 13.2. The van der Waals surface area contributed by atoms with Gasteiger partial charge in [-0.05, 0) is 37.4 Å². The summed E-state index contributed by atoms with van der Waals surface area (Å²) in [4.78, 5) is 3.67. The molecule has 0 spiro atoms. The minimum atomic E-state index is 0.609. The smallest absolute Gasteiger partial charge is 0.0794 e. The number of H-pyrrole nitrogens is 1. The van der Waals surface area contributed by atoms with Crippen LogP contribution in [0.1, 0.15) is 18.9 Å². The van der Waals surface area contributed by atoms with E-state index < -0.39 is 0 Å². The van der Waals surface area contributed by atoms with Crippen molar-refractivity contribution in [1.82, 2.24) is 20.4 Å². The van der Waals surface area contributed by atoms with Crippen molar-refractivity contribution in [3.8, 4) is 10.6 Å². The molecule has 0 radical (unpaired) electrons. The Morgan fingerprint density at radius 2 is 2.45 bits per heavy atom. The first kappa shape index (κ1) is 13.8. The number of thiophene rings is 1. The molecule has 3 rings (SSSR count). The zero-order valence-corrected chi connectivity index (χ0v) is 12.9. The van der Waals surface area contributed by atoms with Gasteiger partial charge in [0, 0.05) is 24.7 Å². The average Bonchev–Trinajstić information content (AvgIpc) is 3.08. The van der Waals surface area contributed by atoms with Gasteiger partial charge in [-0.1, -0.05) is 13.0 Å². The topological polar surface area (TPSA) is 44.0 Å². The Kier molecular flexibility index (Phi) is 4.19. The van der Waals surface area contributed by atoms with Crippen molar-refractivity contribution in [2.45, 2.75) is 25.9 Å². The van der Waals surface area contributed by atoms with Crippen LogP contribution in [0.3, 0.4) is 0 Å². The number of hydrogen-bond donors (Lipinski definition) is 2. The number of rotatable bonds is 4. The Labute approximate surface area is 124 Å². The highest BCUT2D eigenvalue weighted by atomic mass is 32.1. The largest absolute Gasteiger partial charge is 0.309 e. The fourth-order valence-corrected chi connectivity index (χ4v) is 3.73. The standard InChI is InChI=1S/C15H22N4S/c1-11-10-19(2)6-5-13(11)16-8-12-9-17-18-15(12)14-4-3-7-20-14/h3-4,7,9,11,13,16H,5-6,8,10H2,1-2H3,(H,17,18).